The molecule has 2 heterocycles. The molecule has 6 heteroatoms. The monoisotopic (exact) mass is 239 g/mol. The summed E-state index contributed by atoms with van der Waals surface area (Å²) in [4.78, 5) is 28.6. The lowest BCUT2D eigenvalue weighted by molar-refractivity contribution is -0.133. The normalized spacial score (nSPS) is 16.5. The molecule has 0 unspecified atom stereocenters. The molecule has 0 bridgehead atoms. The summed E-state index contributed by atoms with van der Waals surface area (Å²) >= 11 is 1.34. The smallest absolute Gasteiger partial charge is 0.228 e. The summed E-state index contributed by atoms with van der Waals surface area (Å²) in [6.45, 7) is 1.08. The second-order valence-corrected chi connectivity index (χ2v) is 4.66. The van der Waals surface area contributed by atoms with Crippen molar-refractivity contribution in [1.29, 1.82) is 0 Å². The molecule has 1 amide bonds. The van der Waals surface area contributed by atoms with Crippen molar-refractivity contribution in [2.75, 3.05) is 18.8 Å². The van der Waals surface area contributed by atoms with Crippen LogP contribution in [0.4, 0.5) is 5.13 Å². The van der Waals surface area contributed by atoms with Gasteiger partial charge in [-0.25, -0.2) is 4.98 Å². The van der Waals surface area contributed by atoms with Crippen LogP contribution in [0.25, 0.3) is 0 Å². The molecule has 1 saturated heterocycles. The molecule has 16 heavy (non-hydrogen) atoms. The van der Waals surface area contributed by atoms with Crippen LogP contribution in [0.5, 0.6) is 0 Å². The summed E-state index contributed by atoms with van der Waals surface area (Å²) in [6, 6.07) is 0. The number of nitrogen functional groups attached to an aromatic ring is 1. The maximum atomic E-state index is 11.8. The minimum absolute atomic E-state index is 0.0257. The first kappa shape index (κ1) is 11.1. The quantitative estimate of drug-likeness (QED) is 0.813. The van der Waals surface area contributed by atoms with Gasteiger partial charge >= 0.3 is 0 Å². The molecular weight excluding hydrogens is 226 g/mol. The summed E-state index contributed by atoms with van der Waals surface area (Å²) in [6.07, 6.45) is 1.23. The topological polar surface area (TPSA) is 76.3 Å². The minimum Gasteiger partial charge on any atom is -0.375 e. The summed E-state index contributed by atoms with van der Waals surface area (Å²) < 4.78 is 0. The number of hydrogen-bond donors (Lipinski definition) is 1. The number of nitrogens with zero attached hydrogens (tertiary/aromatic N) is 2. The van der Waals surface area contributed by atoms with Crippen molar-refractivity contribution in [1.82, 2.24) is 9.88 Å². The van der Waals surface area contributed by atoms with Crippen molar-refractivity contribution < 1.29 is 9.59 Å². The van der Waals surface area contributed by atoms with Gasteiger partial charge in [0.05, 0.1) is 12.1 Å². The van der Waals surface area contributed by atoms with Crippen molar-refractivity contribution in [3.63, 3.8) is 0 Å². The van der Waals surface area contributed by atoms with Gasteiger partial charge < -0.3 is 10.6 Å². The average molecular weight is 239 g/mol. The highest BCUT2D eigenvalue weighted by Crippen LogP contribution is 2.13. The van der Waals surface area contributed by atoms with Gasteiger partial charge in [-0.15, -0.1) is 11.3 Å². The van der Waals surface area contributed by atoms with Crippen molar-refractivity contribution in [2.24, 2.45) is 0 Å². The lowest BCUT2D eigenvalue weighted by Gasteiger charge is -2.25. The Morgan fingerprint density at radius 2 is 2.19 bits per heavy atom. The van der Waals surface area contributed by atoms with Crippen molar-refractivity contribution >= 4 is 28.2 Å². The van der Waals surface area contributed by atoms with Crippen LogP contribution >= 0.6 is 11.3 Å². The zero-order valence-corrected chi connectivity index (χ0v) is 9.63. The van der Waals surface area contributed by atoms with Gasteiger partial charge in [0, 0.05) is 31.3 Å². The number of aromatic nitrogens is 1. The van der Waals surface area contributed by atoms with Crippen LogP contribution in [-0.4, -0.2) is 34.7 Å². The number of ketones is 1. The van der Waals surface area contributed by atoms with Gasteiger partial charge in [0.1, 0.15) is 5.78 Å². The number of nitrogens with two attached hydrogens (primary N) is 1. The van der Waals surface area contributed by atoms with Gasteiger partial charge in [0.25, 0.3) is 0 Å². The fraction of sp³-hybridized carbons (Fsp3) is 0.500. The molecule has 1 aromatic heterocycles. The predicted molar refractivity (Wildman–Crippen MR) is 61.1 cm³/mol. The molecule has 1 aliphatic heterocycles. The van der Waals surface area contributed by atoms with Crippen LogP contribution in [0.15, 0.2) is 5.38 Å². The molecule has 0 atom stereocenters. The first-order chi connectivity index (χ1) is 7.65. The number of likely N-dealkylation sites (tertiary alicyclic amines) is 1. The highest BCUT2D eigenvalue weighted by atomic mass is 32.1. The molecule has 0 saturated carbocycles. The zero-order chi connectivity index (χ0) is 11.5. The summed E-state index contributed by atoms with van der Waals surface area (Å²) in [5.74, 6) is 0.264. The van der Waals surface area contributed by atoms with Gasteiger partial charge in [-0.2, -0.15) is 0 Å². The zero-order valence-electron chi connectivity index (χ0n) is 8.81. The molecule has 0 aliphatic carbocycles. The lowest BCUT2D eigenvalue weighted by Crippen LogP contribution is -2.39. The largest absolute Gasteiger partial charge is 0.375 e. The number of piperidine rings is 1. The van der Waals surface area contributed by atoms with E-state index in [-0.39, 0.29) is 18.1 Å². The highest BCUT2D eigenvalue weighted by molar-refractivity contribution is 7.13. The lowest BCUT2D eigenvalue weighted by atomic mass is 10.1. The van der Waals surface area contributed by atoms with E-state index >= 15 is 0 Å². The van der Waals surface area contributed by atoms with E-state index in [0.29, 0.717) is 36.8 Å². The van der Waals surface area contributed by atoms with Crippen LogP contribution in [0.3, 0.4) is 0 Å². The van der Waals surface area contributed by atoms with Gasteiger partial charge in [-0.05, 0) is 0 Å². The van der Waals surface area contributed by atoms with E-state index in [2.05, 4.69) is 4.98 Å². The number of hydrogen-bond acceptors (Lipinski definition) is 5. The number of carbonyl (C=O) groups is 2. The molecule has 2 N–H and O–H groups in total. The van der Waals surface area contributed by atoms with E-state index in [1.165, 1.54) is 11.3 Å². The fourth-order valence-corrected chi connectivity index (χ4v) is 2.24. The second kappa shape index (κ2) is 4.61. The highest BCUT2D eigenvalue weighted by Gasteiger charge is 2.21. The summed E-state index contributed by atoms with van der Waals surface area (Å²) in [7, 11) is 0. The van der Waals surface area contributed by atoms with E-state index in [1.807, 2.05) is 0 Å². The molecular formula is C10H13N3O2S. The molecule has 1 aliphatic rings. The Kier molecular flexibility index (Phi) is 3.19. The first-order valence-corrected chi connectivity index (χ1v) is 6.02. The van der Waals surface area contributed by atoms with Gasteiger partial charge in [0.15, 0.2) is 5.13 Å². The molecule has 1 aromatic rings. The number of Topliss-reactive ketones (excluding diaryl/α,β-unsaturated/α-hetero) is 1. The van der Waals surface area contributed by atoms with Crippen LogP contribution < -0.4 is 5.73 Å². The third kappa shape index (κ3) is 2.57. The van der Waals surface area contributed by atoms with Gasteiger partial charge in [0.2, 0.25) is 5.91 Å². The van der Waals surface area contributed by atoms with Crippen molar-refractivity contribution in [2.45, 2.75) is 19.3 Å². The maximum absolute atomic E-state index is 11.8. The summed E-state index contributed by atoms with van der Waals surface area (Å²) in [5, 5.41) is 2.28. The Hall–Kier alpha value is -1.43. The SMILES string of the molecule is Nc1nc(CC(=O)N2CCC(=O)CC2)cs1. The standard InChI is InChI=1S/C10H13N3O2S/c11-10-12-7(6-16-10)5-9(15)13-3-1-8(14)2-4-13/h6H,1-5H2,(H2,11,12). The third-order valence-corrected chi connectivity index (χ3v) is 3.30. The van der Waals surface area contributed by atoms with Crippen molar-refractivity contribution in [3.8, 4) is 0 Å². The van der Waals surface area contributed by atoms with Crippen LogP contribution in [0.1, 0.15) is 18.5 Å². The molecule has 0 radical (unpaired) electrons. The second-order valence-electron chi connectivity index (χ2n) is 3.77. The molecule has 2 rings (SSSR count). The Bertz CT molecular complexity index is 406. The number of anilines is 1. The van der Waals surface area contributed by atoms with Gasteiger partial charge in [-0.1, -0.05) is 0 Å². The van der Waals surface area contributed by atoms with E-state index in [9.17, 15) is 9.59 Å². The number of thiazole rings is 1. The van der Waals surface area contributed by atoms with Crippen LogP contribution in [0, 0.1) is 0 Å². The first-order valence-electron chi connectivity index (χ1n) is 5.14. The van der Waals surface area contributed by atoms with Crippen LogP contribution in [-0.2, 0) is 16.0 Å². The molecule has 1 fully saturated rings. The molecule has 5 nitrogen and oxygen atoms in total. The number of amides is 1. The Balaban J connectivity index is 1.91. The fourth-order valence-electron chi connectivity index (χ4n) is 1.68. The van der Waals surface area contributed by atoms with Crippen LogP contribution in [0.2, 0.25) is 0 Å². The molecule has 0 spiro atoms. The number of carbonyl (C=O) groups excluding carboxylic acids is 2. The Morgan fingerprint density at radius 3 is 2.75 bits per heavy atom. The van der Waals surface area contributed by atoms with Gasteiger partial charge in [-0.3, -0.25) is 9.59 Å². The summed E-state index contributed by atoms with van der Waals surface area (Å²) in [5.41, 5.74) is 6.20. The molecule has 86 valence electrons. The van der Waals surface area contributed by atoms with E-state index in [1.54, 1.807) is 10.3 Å². The van der Waals surface area contributed by atoms with E-state index in [4.69, 9.17) is 5.73 Å². The van der Waals surface area contributed by atoms with Crippen molar-refractivity contribution in [3.05, 3.63) is 11.1 Å². The Morgan fingerprint density at radius 1 is 1.50 bits per heavy atom. The molecule has 0 aromatic carbocycles. The third-order valence-electron chi connectivity index (χ3n) is 2.58. The Labute approximate surface area is 97.3 Å². The number of rotatable bonds is 2. The average Bonchev–Trinajstić information content (AvgIpc) is 2.65. The van der Waals surface area contributed by atoms with E-state index in [0.717, 1.165) is 0 Å². The predicted octanol–water partition coefficient (Wildman–Crippen LogP) is 0.459. The minimum atomic E-state index is 0.0257. The van der Waals surface area contributed by atoms with E-state index < -0.39 is 0 Å². The maximum Gasteiger partial charge on any atom is 0.228 e.